The molecule has 0 aliphatic carbocycles. The Balaban J connectivity index is 1.63. The quantitative estimate of drug-likeness (QED) is 0.250. The lowest BCUT2D eigenvalue weighted by Gasteiger charge is -2.16. The maximum atomic E-state index is 12.5. The third-order valence-electron chi connectivity index (χ3n) is 4.61. The molecule has 0 spiro atoms. The van der Waals surface area contributed by atoms with Gasteiger partial charge in [0.25, 0.3) is 5.56 Å². The fourth-order valence-electron chi connectivity index (χ4n) is 2.98. The maximum Gasteiger partial charge on any atom is 0.329 e. The Hall–Kier alpha value is -3.55. The van der Waals surface area contributed by atoms with Crippen LogP contribution in [-0.2, 0) is 20.1 Å². The second-order valence-electron chi connectivity index (χ2n) is 7.01. The number of H-pyrrole nitrogens is 1. The number of carbonyl (C=O) groups excluding carboxylic acids is 2. The van der Waals surface area contributed by atoms with E-state index in [1.807, 2.05) is 42.5 Å². The van der Waals surface area contributed by atoms with Crippen molar-refractivity contribution in [2.24, 2.45) is 0 Å². The van der Waals surface area contributed by atoms with E-state index in [1.165, 1.54) is 18.9 Å². The number of thioether (sulfide) groups is 2. The molecule has 1 aromatic heterocycles. The van der Waals surface area contributed by atoms with Crippen LogP contribution in [-0.4, -0.2) is 46.5 Å². The molecule has 0 bridgehead atoms. The van der Waals surface area contributed by atoms with Crippen molar-refractivity contribution >= 4 is 35.4 Å². The van der Waals surface area contributed by atoms with E-state index in [9.17, 15) is 19.6 Å². The summed E-state index contributed by atoms with van der Waals surface area (Å²) in [5, 5.41) is 12.2. The number of benzene rings is 2. The van der Waals surface area contributed by atoms with E-state index in [2.05, 4.69) is 15.3 Å². The van der Waals surface area contributed by atoms with E-state index in [0.29, 0.717) is 17.1 Å². The lowest BCUT2D eigenvalue weighted by Crippen LogP contribution is -2.44. The summed E-state index contributed by atoms with van der Waals surface area (Å²) in [5.74, 6) is 0.0174. The first-order chi connectivity index (χ1) is 16.5. The summed E-state index contributed by atoms with van der Waals surface area (Å²) in [4.78, 5) is 43.9. The number of carbonyl (C=O) groups is 2. The van der Waals surface area contributed by atoms with E-state index in [1.54, 1.807) is 24.3 Å². The van der Waals surface area contributed by atoms with Gasteiger partial charge in [0.05, 0.1) is 18.6 Å². The molecule has 10 heteroatoms. The molecule has 0 aliphatic rings. The molecule has 0 radical (unpaired) electrons. The number of nitrogens with zero attached hydrogens (tertiary/aromatic N) is 2. The molecule has 0 saturated carbocycles. The Morgan fingerprint density at radius 2 is 1.82 bits per heavy atom. The van der Waals surface area contributed by atoms with Gasteiger partial charge >= 0.3 is 5.97 Å². The molecule has 34 heavy (non-hydrogen) atoms. The Kier molecular flexibility index (Phi) is 9.31. The highest BCUT2D eigenvalue weighted by Crippen LogP contribution is 2.21. The first kappa shape index (κ1) is 25.1. The summed E-state index contributed by atoms with van der Waals surface area (Å²) in [6, 6.07) is 19.7. The van der Waals surface area contributed by atoms with Crippen LogP contribution in [0.2, 0.25) is 0 Å². The van der Waals surface area contributed by atoms with Gasteiger partial charge in [0.1, 0.15) is 17.7 Å². The van der Waals surface area contributed by atoms with Gasteiger partial charge in [-0.25, -0.2) is 9.78 Å². The van der Waals surface area contributed by atoms with Gasteiger partial charge in [-0.2, -0.15) is 17.0 Å². The highest BCUT2D eigenvalue weighted by molar-refractivity contribution is 7.99. The zero-order valence-corrected chi connectivity index (χ0v) is 19.9. The van der Waals surface area contributed by atoms with Crippen molar-refractivity contribution in [1.82, 2.24) is 15.3 Å². The van der Waals surface area contributed by atoms with Crippen molar-refractivity contribution in [1.29, 1.82) is 5.26 Å². The van der Waals surface area contributed by atoms with Crippen molar-refractivity contribution in [2.75, 3.05) is 18.6 Å². The zero-order valence-electron chi connectivity index (χ0n) is 18.3. The molecule has 2 aromatic carbocycles. The number of nitriles is 1. The fraction of sp³-hybridized carbons (Fsp3) is 0.208. The molecule has 0 unspecified atom stereocenters. The molecule has 1 amide bonds. The Labute approximate surface area is 205 Å². The fourth-order valence-corrected chi connectivity index (χ4v) is 4.65. The molecule has 0 saturated heterocycles. The largest absolute Gasteiger partial charge is 0.467 e. The van der Waals surface area contributed by atoms with Gasteiger partial charge in [-0.1, -0.05) is 72.4 Å². The van der Waals surface area contributed by atoms with E-state index in [-0.39, 0.29) is 22.2 Å². The molecule has 3 aromatic rings. The van der Waals surface area contributed by atoms with E-state index >= 15 is 0 Å². The summed E-state index contributed by atoms with van der Waals surface area (Å²) in [5.41, 5.74) is 1.31. The minimum Gasteiger partial charge on any atom is -0.467 e. The number of aromatic amines is 1. The Morgan fingerprint density at radius 3 is 2.47 bits per heavy atom. The van der Waals surface area contributed by atoms with Crippen LogP contribution in [0.4, 0.5) is 0 Å². The van der Waals surface area contributed by atoms with Crippen molar-refractivity contribution < 1.29 is 14.3 Å². The van der Waals surface area contributed by atoms with Gasteiger partial charge in [0, 0.05) is 17.1 Å². The van der Waals surface area contributed by atoms with Crippen LogP contribution >= 0.6 is 23.5 Å². The summed E-state index contributed by atoms with van der Waals surface area (Å²) < 4.78 is 4.82. The molecular formula is C24H22N4O4S2. The molecule has 0 aliphatic heterocycles. The lowest BCUT2D eigenvalue weighted by atomic mass is 10.1. The summed E-state index contributed by atoms with van der Waals surface area (Å²) >= 11 is 2.51. The standard InChI is InChI=1S/C24H22N4O4S2/c1-32-23(31)19(14-33-13-16-8-4-2-5-9-16)26-20(29)15-34-24-27-21(17-10-6-3-7-11-17)18(12-25)22(30)28-24/h2-11,19H,13-15H2,1H3,(H,26,29)(H,27,28,30)/t19-/m0/s1. The van der Waals surface area contributed by atoms with E-state index in [0.717, 1.165) is 17.3 Å². The first-order valence-corrected chi connectivity index (χ1v) is 12.4. The zero-order chi connectivity index (χ0) is 24.3. The predicted molar refractivity (Wildman–Crippen MR) is 132 cm³/mol. The summed E-state index contributed by atoms with van der Waals surface area (Å²) in [6.07, 6.45) is 0. The Bertz CT molecular complexity index is 1230. The number of amides is 1. The smallest absolute Gasteiger partial charge is 0.329 e. The monoisotopic (exact) mass is 494 g/mol. The molecule has 1 atom stereocenters. The molecule has 174 valence electrons. The van der Waals surface area contributed by atoms with Crippen LogP contribution in [0.3, 0.4) is 0 Å². The van der Waals surface area contributed by atoms with Gasteiger partial charge in [0.2, 0.25) is 5.91 Å². The van der Waals surface area contributed by atoms with Crippen LogP contribution in [0.25, 0.3) is 11.3 Å². The molecule has 0 fully saturated rings. The highest BCUT2D eigenvalue weighted by Gasteiger charge is 2.22. The van der Waals surface area contributed by atoms with Gasteiger partial charge < -0.3 is 15.0 Å². The van der Waals surface area contributed by atoms with E-state index < -0.39 is 23.5 Å². The molecular weight excluding hydrogens is 472 g/mol. The van der Waals surface area contributed by atoms with Crippen LogP contribution in [0, 0.1) is 11.3 Å². The number of nitrogens with one attached hydrogen (secondary N) is 2. The minimum atomic E-state index is -0.806. The number of hydrogen-bond acceptors (Lipinski definition) is 8. The number of rotatable bonds is 10. The summed E-state index contributed by atoms with van der Waals surface area (Å²) in [7, 11) is 1.27. The number of hydrogen-bond donors (Lipinski definition) is 2. The second-order valence-corrected chi connectivity index (χ2v) is 9.00. The van der Waals surface area contributed by atoms with Gasteiger partial charge in [-0.3, -0.25) is 9.59 Å². The van der Waals surface area contributed by atoms with Crippen molar-refractivity contribution in [3.63, 3.8) is 0 Å². The summed E-state index contributed by atoms with van der Waals surface area (Å²) in [6.45, 7) is 0. The molecule has 3 rings (SSSR count). The van der Waals surface area contributed by atoms with Gasteiger partial charge in [0.15, 0.2) is 5.16 Å². The highest BCUT2D eigenvalue weighted by atomic mass is 32.2. The second kappa shape index (κ2) is 12.6. The molecule has 1 heterocycles. The van der Waals surface area contributed by atoms with Crippen LogP contribution in [0.1, 0.15) is 11.1 Å². The normalized spacial score (nSPS) is 11.3. The van der Waals surface area contributed by atoms with Crippen LogP contribution in [0.15, 0.2) is 70.6 Å². The first-order valence-electron chi connectivity index (χ1n) is 10.2. The molecule has 2 N–H and O–H groups in total. The van der Waals surface area contributed by atoms with E-state index in [4.69, 9.17) is 4.74 Å². The third kappa shape index (κ3) is 6.97. The minimum absolute atomic E-state index is 0.0834. The predicted octanol–water partition coefficient (Wildman–Crippen LogP) is 2.99. The van der Waals surface area contributed by atoms with Crippen molar-refractivity contribution in [2.45, 2.75) is 17.0 Å². The van der Waals surface area contributed by atoms with Gasteiger partial charge in [-0.05, 0) is 5.56 Å². The lowest BCUT2D eigenvalue weighted by molar-refractivity contribution is -0.144. The topological polar surface area (TPSA) is 125 Å². The number of ether oxygens (including phenoxy) is 1. The number of aromatic nitrogens is 2. The van der Waals surface area contributed by atoms with Gasteiger partial charge in [-0.15, -0.1) is 0 Å². The number of methoxy groups -OCH3 is 1. The SMILES string of the molecule is COC(=O)[C@H](CSCc1ccccc1)NC(=O)CSc1nc(-c2ccccc2)c(C#N)c(=O)[nH]1. The molecule has 8 nitrogen and oxygen atoms in total. The average molecular weight is 495 g/mol. The average Bonchev–Trinajstić information content (AvgIpc) is 2.87. The maximum absolute atomic E-state index is 12.5. The third-order valence-corrected chi connectivity index (χ3v) is 6.59. The van der Waals surface area contributed by atoms with Crippen molar-refractivity contribution in [3.05, 3.63) is 82.1 Å². The number of esters is 1. The van der Waals surface area contributed by atoms with Crippen molar-refractivity contribution in [3.8, 4) is 17.3 Å². The van der Waals surface area contributed by atoms with Crippen LogP contribution < -0.4 is 10.9 Å². The van der Waals surface area contributed by atoms with Crippen LogP contribution in [0.5, 0.6) is 0 Å². The Morgan fingerprint density at radius 1 is 1.15 bits per heavy atom.